The zero-order valence-corrected chi connectivity index (χ0v) is 25.5. The van der Waals surface area contributed by atoms with Crippen molar-refractivity contribution in [3.63, 3.8) is 0 Å². The number of para-hydroxylation sites is 1. The molecule has 222 valence electrons. The molecule has 1 aromatic heterocycles. The highest BCUT2D eigenvalue weighted by atomic mass is 16.5. The molecule has 9 rings (SSSR count). The third-order valence-corrected chi connectivity index (χ3v) is 9.13. The molecule has 0 spiro atoms. The summed E-state index contributed by atoms with van der Waals surface area (Å²) in [7, 11) is 0. The fourth-order valence-corrected chi connectivity index (χ4v) is 6.86. The Hall–Kier alpha value is -6.13. The van der Waals surface area contributed by atoms with Gasteiger partial charge in [-0.2, -0.15) is 0 Å². The maximum atomic E-state index is 6.75. The van der Waals surface area contributed by atoms with Crippen molar-refractivity contribution in [1.82, 2.24) is 15.0 Å². The van der Waals surface area contributed by atoms with Gasteiger partial charge in [0.1, 0.15) is 11.9 Å². The van der Waals surface area contributed by atoms with Gasteiger partial charge in [-0.3, -0.25) is 0 Å². The molecule has 7 aromatic rings. The highest BCUT2D eigenvalue weighted by molar-refractivity contribution is 5.95. The van der Waals surface area contributed by atoms with Crippen molar-refractivity contribution in [3.05, 3.63) is 175 Å². The monoisotopic (exact) mass is 603 g/mol. The molecule has 1 aliphatic carbocycles. The first kappa shape index (κ1) is 27.2. The molecule has 4 nitrogen and oxygen atoms in total. The molecule has 2 unspecified atom stereocenters. The molecule has 0 N–H and O–H groups in total. The fraction of sp³-hybridized carbons (Fsp3) is 0.0465. The van der Waals surface area contributed by atoms with Crippen LogP contribution in [-0.2, 0) is 0 Å². The van der Waals surface area contributed by atoms with E-state index in [0.717, 1.165) is 49.9 Å². The van der Waals surface area contributed by atoms with Crippen molar-refractivity contribution in [2.75, 3.05) is 0 Å². The number of aromatic nitrogens is 3. The van der Waals surface area contributed by atoms with Crippen LogP contribution in [0.15, 0.2) is 164 Å². The Morgan fingerprint density at radius 2 is 1.09 bits per heavy atom. The predicted molar refractivity (Wildman–Crippen MR) is 190 cm³/mol. The lowest BCUT2D eigenvalue weighted by atomic mass is 9.83. The number of fused-ring (bicyclic) bond motifs is 4. The number of nitrogens with zero attached hydrogens (tertiary/aromatic N) is 3. The van der Waals surface area contributed by atoms with Gasteiger partial charge < -0.3 is 4.74 Å². The summed E-state index contributed by atoms with van der Waals surface area (Å²) in [6.45, 7) is 0. The molecule has 0 radical (unpaired) electrons. The third kappa shape index (κ3) is 4.82. The Bertz CT molecular complexity index is 2320. The topological polar surface area (TPSA) is 47.9 Å². The zero-order valence-electron chi connectivity index (χ0n) is 25.5. The summed E-state index contributed by atoms with van der Waals surface area (Å²) in [6.07, 6.45) is 6.19. The van der Waals surface area contributed by atoms with Gasteiger partial charge in [-0.25, -0.2) is 15.0 Å². The Labute approximate surface area is 273 Å². The van der Waals surface area contributed by atoms with E-state index in [-0.39, 0.29) is 12.0 Å². The van der Waals surface area contributed by atoms with Gasteiger partial charge >= 0.3 is 0 Å². The summed E-state index contributed by atoms with van der Waals surface area (Å²) in [5.74, 6) is 2.83. The van der Waals surface area contributed by atoms with E-state index in [9.17, 15) is 0 Å². The summed E-state index contributed by atoms with van der Waals surface area (Å²) < 4.78 is 6.75. The van der Waals surface area contributed by atoms with Gasteiger partial charge in [0, 0.05) is 27.8 Å². The van der Waals surface area contributed by atoms with Crippen LogP contribution in [0.3, 0.4) is 0 Å². The molecular weight excluding hydrogens is 574 g/mol. The molecule has 2 heterocycles. The normalized spacial score (nSPS) is 16.3. The Kier molecular flexibility index (Phi) is 6.57. The largest absolute Gasteiger partial charge is 0.484 e. The second-order valence-corrected chi connectivity index (χ2v) is 11.9. The Morgan fingerprint density at radius 3 is 1.91 bits per heavy atom. The molecule has 4 heteroatoms. The first-order chi connectivity index (χ1) is 23.3. The number of ether oxygens (including phenoxy) is 1. The van der Waals surface area contributed by atoms with E-state index < -0.39 is 0 Å². The SMILES string of the molecule is C1=CC2Oc3c(-c4ccc(-c5ccccc5)cc4)cccc3C2C(c2nc(-c3ccccc3)nc(-c3cccc4ccccc34)n2)=C1. The Balaban J connectivity index is 1.15. The number of benzene rings is 6. The van der Waals surface area contributed by atoms with Gasteiger partial charge in [0.2, 0.25) is 0 Å². The summed E-state index contributed by atoms with van der Waals surface area (Å²) >= 11 is 0. The smallest absolute Gasteiger partial charge is 0.164 e. The second-order valence-electron chi connectivity index (χ2n) is 11.9. The van der Waals surface area contributed by atoms with Crippen molar-refractivity contribution in [3.8, 4) is 50.8 Å². The minimum absolute atomic E-state index is 0.0510. The molecule has 1 aliphatic heterocycles. The van der Waals surface area contributed by atoms with Gasteiger partial charge in [0.05, 0.1) is 5.92 Å². The molecule has 0 fully saturated rings. The van der Waals surface area contributed by atoms with Crippen molar-refractivity contribution < 1.29 is 4.74 Å². The molecule has 0 saturated heterocycles. The van der Waals surface area contributed by atoms with Crippen LogP contribution in [0.5, 0.6) is 5.75 Å². The molecule has 2 aliphatic rings. The molecule has 6 aromatic carbocycles. The van der Waals surface area contributed by atoms with Crippen LogP contribution in [0, 0.1) is 0 Å². The molecule has 2 atom stereocenters. The lowest BCUT2D eigenvalue weighted by molar-refractivity contribution is 0.272. The fourth-order valence-electron chi connectivity index (χ4n) is 6.86. The highest BCUT2D eigenvalue weighted by Gasteiger charge is 2.39. The Morgan fingerprint density at radius 1 is 0.468 bits per heavy atom. The van der Waals surface area contributed by atoms with Crippen molar-refractivity contribution in [1.29, 1.82) is 0 Å². The number of hydrogen-bond donors (Lipinski definition) is 0. The van der Waals surface area contributed by atoms with E-state index in [0.29, 0.717) is 17.5 Å². The van der Waals surface area contributed by atoms with Crippen LogP contribution in [0.1, 0.15) is 17.3 Å². The molecular formula is C43H29N3O. The molecule has 0 amide bonds. The lowest BCUT2D eigenvalue weighted by Crippen LogP contribution is -2.20. The van der Waals surface area contributed by atoms with Gasteiger partial charge in [0.25, 0.3) is 0 Å². The standard InChI is InChI=1S/C43H29N3O/c1-3-12-28(13-4-1)29-24-26-31(27-25-29)34-19-10-21-36-39-37(22-11-23-38(39)47-40(34)36)43-45-41(32-15-5-2-6-16-32)44-42(46-43)35-20-9-17-30-14-7-8-18-33(30)35/h1-27,38-39H. The van der Waals surface area contributed by atoms with Crippen molar-refractivity contribution in [2.45, 2.75) is 12.0 Å². The highest BCUT2D eigenvalue weighted by Crippen LogP contribution is 2.51. The minimum atomic E-state index is -0.160. The van der Waals surface area contributed by atoms with Gasteiger partial charge in [0.15, 0.2) is 17.5 Å². The van der Waals surface area contributed by atoms with Crippen LogP contribution in [0.4, 0.5) is 0 Å². The number of hydrogen-bond acceptors (Lipinski definition) is 4. The van der Waals surface area contributed by atoms with Gasteiger partial charge in [-0.1, -0.05) is 158 Å². The van der Waals surface area contributed by atoms with E-state index in [1.807, 2.05) is 36.4 Å². The molecule has 0 saturated carbocycles. The lowest BCUT2D eigenvalue weighted by Gasteiger charge is -2.22. The van der Waals surface area contributed by atoms with Crippen molar-refractivity contribution in [2.24, 2.45) is 0 Å². The summed E-state index contributed by atoms with van der Waals surface area (Å²) in [6, 6.07) is 50.5. The van der Waals surface area contributed by atoms with Crippen LogP contribution in [0.2, 0.25) is 0 Å². The summed E-state index contributed by atoms with van der Waals surface area (Å²) in [5, 5.41) is 2.26. The summed E-state index contributed by atoms with van der Waals surface area (Å²) in [5.41, 5.74) is 8.70. The van der Waals surface area contributed by atoms with Crippen LogP contribution >= 0.6 is 0 Å². The maximum Gasteiger partial charge on any atom is 0.164 e. The quantitative estimate of drug-likeness (QED) is 0.196. The van der Waals surface area contributed by atoms with Gasteiger partial charge in [-0.05, 0) is 33.5 Å². The first-order valence-electron chi connectivity index (χ1n) is 15.9. The molecule has 0 bridgehead atoms. The minimum Gasteiger partial charge on any atom is -0.484 e. The number of allylic oxidation sites excluding steroid dienone is 2. The van der Waals surface area contributed by atoms with E-state index in [1.165, 1.54) is 11.1 Å². The average molecular weight is 604 g/mol. The third-order valence-electron chi connectivity index (χ3n) is 9.13. The summed E-state index contributed by atoms with van der Waals surface area (Å²) in [4.78, 5) is 15.3. The van der Waals surface area contributed by atoms with Crippen molar-refractivity contribution >= 4 is 16.3 Å². The molecule has 47 heavy (non-hydrogen) atoms. The van der Waals surface area contributed by atoms with E-state index in [4.69, 9.17) is 19.7 Å². The van der Waals surface area contributed by atoms with E-state index in [1.54, 1.807) is 0 Å². The zero-order chi connectivity index (χ0) is 31.2. The second kappa shape index (κ2) is 11.3. The van der Waals surface area contributed by atoms with Crippen LogP contribution in [-0.4, -0.2) is 21.1 Å². The van der Waals surface area contributed by atoms with Gasteiger partial charge in [-0.15, -0.1) is 0 Å². The van der Waals surface area contributed by atoms with E-state index >= 15 is 0 Å². The van der Waals surface area contributed by atoms with Crippen LogP contribution in [0.25, 0.3) is 61.4 Å². The number of rotatable bonds is 5. The first-order valence-corrected chi connectivity index (χ1v) is 15.9. The predicted octanol–water partition coefficient (Wildman–Crippen LogP) is 10.2. The average Bonchev–Trinajstić information content (AvgIpc) is 3.54. The van der Waals surface area contributed by atoms with E-state index in [2.05, 4.69) is 127 Å². The maximum absolute atomic E-state index is 6.75. The van der Waals surface area contributed by atoms with Crippen LogP contribution < -0.4 is 4.74 Å².